The first kappa shape index (κ1) is 17.3. The van der Waals surface area contributed by atoms with Crippen molar-refractivity contribution in [3.8, 4) is 11.3 Å². The third-order valence-corrected chi connectivity index (χ3v) is 5.08. The maximum Gasteiger partial charge on any atom is 0.277 e. The van der Waals surface area contributed by atoms with Crippen molar-refractivity contribution < 1.29 is 13.6 Å². The highest BCUT2D eigenvalue weighted by molar-refractivity contribution is 6.11. The van der Waals surface area contributed by atoms with Gasteiger partial charge in [0.25, 0.3) is 5.91 Å². The Kier molecular flexibility index (Phi) is 3.98. The van der Waals surface area contributed by atoms with Crippen LogP contribution in [0.1, 0.15) is 27.7 Å². The van der Waals surface area contributed by atoms with Crippen LogP contribution in [0.25, 0.3) is 11.3 Å². The Morgan fingerprint density at radius 2 is 1.62 bits per heavy atom. The molecule has 0 fully saturated rings. The number of nitrogens with zero attached hydrogens (tertiary/aromatic N) is 2. The highest BCUT2D eigenvalue weighted by atomic mass is 19.1. The van der Waals surface area contributed by atoms with Gasteiger partial charge >= 0.3 is 0 Å². The van der Waals surface area contributed by atoms with E-state index in [1.54, 1.807) is 29.2 Å². The number of para-hydroxylation sites is 1. The molecule has 1 amide bonds. The van der Waals surface area contributed by atoms with Gasteiger partial charge in [0.2, 0.25) is 0 Å². The summed E-state index contributed by atoms with van der Waals surface area (Å²) in [6.45, 7) is 0. The summed E-state index contributed by atoms with van der Waals surface area (Å²) in [6, 6.07) is 20.8. The first-order valence-electron chi connectivity index (χ1n) is 9.12. The van der Waals surface area contributed by atoms with E-state index in [0.717, 1.165) is 0 Å². The second-order valence-electron chi connectivity index (χ2n) is 6.84. The van der Waals surface area contributed by atoms with Gasteiger partial charge in [-0.1, -0.05) is 30.3 Å². The maximum atomic E-state index is 14.0. The van der Waals surface area contributed by atoms with Crippen molar-refractivity contribution in [1.29, 1.82) is 0 Å². The van der Waals surface area contributed by atoms with Crippen molar-refractivity contribution in [1.82, 2.24) is 10.2 Å². The summed E-state index contributed by atoms with van der Waals surface area (Å²) in [4.78, 5) is 14.9. The van der Waals surface area contributed by atoms with Crippen LogP contribution in [0.5, 0.6) is 0 Å². The predicted molar refractivity (Wildman–Crippen MR) is 105 cm³/mol. The van der Waals surface area contributed by atoms with E-state index in [2.05, 4.69) is 10.2 Å². The molecular weight excluding hydrogens is 372 g/mol. The molecule has 3 aromatic carbocycles. The Balaban J connectivity index is 1.74. The Morgan fingerprint density at radius 1 is 0.862 bits per heavy atom. The molecule has 1 aliphatic heterocycles. The van der Waals surface area contributed by atoms with Gasteiger partial charge in [0.1, 0.15) is 17.3 Å². The van der Waals surface area contributed by atoms with Crippen molar-refractivity contribution in [3.05, 3.63) is 107 Å². The molecule has 6 heteroatoms. The molecule has 5 rings (SSSR count). The number of amides is 1. The summed E-state index contributed by atoms with van der Waals surface area (Å²) in [6.07, 6.45) is 0. The van der Waals surface area contributed by atoms with E-state index in [9.17, 15) is 13.6 Å². The molecule has 4 aromatic rings. The number of benzene rings is 3. The molecule has 2 heterocycles. The van der Waals surface area contributed by atoms with Crippen molar-refractivity contribution in [2.75, 3.05) is 4.90 Å². The molecule has 1 aliphatic rings. The van der Waals surface area contributed by atoms with Crippen molar-refractivity contribution in [2.24, 2.45) is 0 Å². The number of carbonyl (C=O) groups excluding carboxylic acids is 1. The topological polar surface area (TPSA) is 49.0 Å². The average Bonchev–Trinajstić information content (AvgIpc) is 3.28. The van der Waals surface area contributed by atoms with E-state index in [-0.39, 0.29) is 17.5 Å². The molecule has 0 radical (unpaired) electrons. The molecule has 4 nitrogen and oxygen atoms in total. The molecular formula is C23H15F2N3O. The quantitative estimate of drug-likeness (QED) is 0.531. The minimum Gasteiger partial charge on any atom is -0.295 e. The average molecular weight is 387 g/mol. The van der Waals surface area contributed by atoms with Crippen molar-refractivity contribution in [3.63, 3.8) is 0 Å². The fraction of sp³-hybridized carbons (Fsp3) is 0.0435. The zero-order chi connectivity index (χ0) is 20.0. The highest BCUT2D eigenvalue weighted by Crippen LogP contribution is 2.44. The van der Waals surface area contributed by atoms with E-state index in [0.29, 0.717) is 33.8 Å². The molecule has 29 heavy (non-hydrogen) atoms. The molecule has 0 unspecified atom stereocenters. The third kappa shape index (κ3) is 2.81. The fourth-order valence-corrected chi connectivity index (χ4v) is 3.82. The Labute approximate surface area is 165 Å². The monoisotopic (exact) mass is 387 g/mol. The highest BCUT2D eigenvalue weighted by Gasteiger charge is 2.43. The number of H-pyrrole nitrogens is 1. The number of halogens is 2. The minimum absolute atomic E-state index is 0.249. The Bertz CT molecular complexity index is 1200. The smallest absolute Gasteiger partial charge is 0.277 e. The number of fused-ring (bicyclic) bond motifs is 1. The molecule has 142 valence electrons. The molecule has 0 saturated heterocycles. The lowest BCUT2D eigenvalue weighted by atomic mass is 9.96. The largest absolute Gasteiger partial charge is 0.295 e. The number of hydrogen-bond donors (Lipinski definition) is 1. The molecule has 0 aliphatic carbocycles. The zero-order valence-corrected chi connectivity index (χ0v) is 15.1. The summed E-state index contributed by atoms with van der Waals surface area (Å²) in [7, 11) is 0. The number of nitrogens with one attached hydrogen (secondary N) is 1. The lowest BCUT2D eigenvalue weighted by molar-refractivity contribution is 0.0988. The SMILES string of the molecule is O=C1c2[nH]nc(-c3ccc(F)cc3)c2[C@@H](c2cccc(F)c2)N1c1ccccc1. The van der Waals surface area contributed by atoms with Crippen LogP contribution in [0.4, 0.5) is 14.5 Å². The normalized spacial score (nSPS) is 15.6. The van der Waals surface area contributed by atoms with Gasteiger partial charge in [-0.05, 0) is 54.1 Å². The van der Waals surface area contributed by atoms with Gasteiger partial charge in [-0.15, -0.1) is 0 Å². The number of carbonyl (C=O) groups is 1. The van der Waals surface area contributed by atoms with Gasteiger partial charge < -0.3 is 0 Å². The van der Waals surface area contributed by atoms with E-state index < -0.39 is 6.04 Å². The number of anilines is 1. The van der Waals surface area contributed by atoms with Crippen LogP contribution in [0.3, 0.4) is 0 Å². The van der Waals surface area contributed by atoms with Crippen LogP contribution in [0, 0.1) is 11.6 Å². The summed E-state index contributed by atoms with van der Waals surface area (Å²) >= 11 is 0. The van der Waals surface area contributed by atoms with Crippen LogP contribution in [-0.4, -0.2) is 16.1 Å². The van der Waals surface area contributed by atoms with Gasteiger partial charge in [0.05, 0.1) is 11.7 Å². The standard InChI is InChI=1S/C23H15F2N3O/c24-16-11-9-14(10-12-16)20-19-21(27-26-20)23(29)28(18-7-2-1-3-8-18)22(19)15-5-4-6-17(25)13-15/h1-13,22H,(H,26,27)/t22-/m1/s1. The molecule has 0 bridgehead atoms. The Morgan fingerprint density at radius 3 is 2.34 bits per heavy atom. The summed E-state index contributed by atoms with van der Waals surface area (Å²) in [5.74, 6) is -0.992. The van der Waals surface area contributed by atoms with Gasteiger partial charge in [-0.3, -0.25) is 14.8 Å². The first-order chi connectivity index (χ1) is 14.1. The van der Waals surface area contributed by atoms with E-state index >= 15 is 0 Å². The summed E-state index contributed by atoms with van der Waals surface area (Å²) in [5, 5.41) is 7.16. The number of hydrogen-bond acceptors (Lipinski definition) is 2. The minimum atomic E-state index is -0.561. The van der Waals surface area contributed by atoms with Crippen LogP contribution >= 0.6 is 0 Å². The predicted octanol–water partition coefficient (Wildman–Crippen LogP) is 5.10. The zero-order valence-electron chi connectivity index (χ0n) is 15.1. The fourth-order valence-electron chi connectivity index (χ4n) is 3.82. The van der Waals surface area contributed by atoms with Gasteiger partial charge in [-0.25, -0.2) is 8.78 Å². The van der Waals surface area contributed by atoms with Crippen molar-refractivity contribution in [2.45, 2.75) is 6.04 Å². The molecule has 0 saturated carbocycles. The molecule has 1 atom stereocenters. The summed E-state index contributed by atoms with van der Waals surface area (Å²) < 4.78 is 27.5. The van der Waals surface area contributed by atoms with Crippen molar-refractivity contribution >= 4 is 11.6 Å². The Hall–Kier alpha value is -3.80. The number of aromatic amines is 1. The third-order valence-electron chi connectivity index (χ3n) is 5.08. The maximum absolute atomic E-state index is 14.0. The van der Waals surface area contributed by atoms with Gasteiger partial charge in [0.15, 0.2) is 0 Å². The molecule has 1 N–H and O–H groups in total. The number of rotatable bonds is 3. The number of aromatic nitrogens is 2. The van der Waals surface area contributed by atoms with Crippen LogP contribution in [0.2, 0.25) is 0 Å². The van der Waals surface area contributed by atoms with E-state index in [1.807, 2.05) is 30.3 Å². The second kappa shape index (κ2) is 6.67. The lowest BCUT2D eigenvalue weighted by Crippen LogP contribution is -2.29. The van der Waals surface area contributed by atoms with Gasteiger partial charge in [0, 0.05) is 16.8 Å². The molecule has 1 aromatic heterocycles. The van der Waals surface area contributed by atoms with Crippen LogP contribution in [0.15, 0.2) is 78.9 Å². The summed E-state index contributed by atoms with van der Waals surface area (Å²) in [5.41, 5.74) is 3.54. The van der Waals surface area contributed by atoms with E-state index in [1.165, 1.54) is 24.3 Å². The van der Waals surface area contributed by atoms with Gasteiger partial charge in [-0.2, -0.15) is 5.10 Å². The second-order valence-corrected chi connectivity index (χ2v) is 6.84. The van der Waals surface area contributed by atoms with Crippen LogP contribution in [-0.2, 0) is 0 Å². The van der Waals surface area contributed by atoms with Crippen LogP contribution < -0.4 is 4.90 Å². The van der Waals surface area contributed by atoms with E-state index in [4.69, 9.17) is 0 Å². The lowest BCUT2D eigenvalue weighted by Gasteiger charge is -2.26. The molecule has 0 spiro atoms. The first-order valence-corrected chi connectivity index (χ1v) is 9.12.